The molecule has 0 radical (unpaired) electrons. The minimum atomic E-state index is -0.0363. The van der Waals surface area contributed by atoms with Crippen LogP contribution in [0.25, 0.3) is 0 Å². The highest BCUT2D eigenvalue weighted by Gasteiger charge is 2.15. The minimum Gasteiger partial charge on any atom is -0.372 e. The quantitative estimate of drug-likeness (QED) is 0.927. The Kier molecular flexibility index (Phi) is 3.56. The predicted molar refractivity (Wildman–Crippen MR) is 77.0 cm³/mol. The summed E-state index contributed by atoms with van der Waals surface area (Å²) >= 11 is 6.17. The lowest BCUT2D eigenvalue weighted by Crippen LogP contribution is -2.14. The van der Waals surface area contributed by atoms with Gasteiger partial charge in [-0.3, -0.25) is 0 Å². The first-order valence-corrected chi connectivity index (χ1v) is 6.80. The lowest BCUT2D eigenvalue weighted by atomic mass is 9.97. The first-order valence-electron chi connectivity index (χ1n) is 6.42. The number of fused-ring (bicyclic) bond motifs is 1. The molecule has 98 valence electrons. The molecule has 0 aliphatic carbocycles. The second-order valence-electron chi connectivity index (χ2n) is 4.92. The molecule has 2 nitrogen and oxygen atoms in total. The van der Waals surface area contributed by atoms with Crippen LogP contribution < -0.4 is 5.73 Å². The molecule has 2 aromatic rings. The van der Waals surface area contributed by atoms with Crippen LogP contribution in [0.15, 0.2) is 42.5 Å². The molecule has 0 fully saturated rings. The van der Waals surface area contributed by atoms with Gasteiger partial charge in [0.05, 0.1) is 13.2 Å². The van der Waals surface area contributed by atoms with Crippen molar-refractivity contribution in [1.29, 1.82) is 0 Å². The summed E-state index contributed by atoms with van der Waals surface area (Å²) in [6.07, 6.45) is 0.749. The average Bonchev–Trinajstić information content (AvgIpc) is 2.88. The van der Waals surface area contributed by atoms with Crippen molar-refractivity contribution in [2.45, 2.75) is 25.7 Å². The lowest BCUT2D eigenvalue weighted by molar-refractivity contribution is 0.134. The molecule has 0 amide bonds. The van der Waals surface area contributed by atoms with Crippen molar-refractivity contribution in [3.05, 3.63) is 69.7 Å². The van der Waals surface area contributed by atoms with Gasteiger partial charge < -0.3 is 10.5 Å². The van der Waals surface area contributed by atoms with Crippen molar-refractivity contribution in [1.82, 2.24) is 0 Å². The van der Waals surface area contributed by atoms with Crippen molar-refractivity contribution < 1.29 is 4.74 Å². The van der Waals surface area contributed by atoms with E-state index in [1.54, 1.807) is 0 Å². The average molecular weight is 274 g/mol. The molecule has 19 heavy (non-hydrogen) atoms. The van der Waals surface area contributed by atoms with Gasteiger partial charge in [0.2, 0.25) is 0 Å². The van der Waals surface area contributed by atoms with E-state index in [0.29, 0.717) is 6.61 Å². The van der Waals surface area contributed by atoms with E-state index in [0.717, 1.165) is 29.2 Å². The van der Waals surface area contributed by atoms with E-state index >= 15 is 0 Å². The highest BCUT2D eigenvalue weighted by Crippen LogP contribution is 2.26. The molecule has 0 saturated heterocycles. The Hall–Kier alpha value is -1.35. The molecule has 1 heterocycles. The normalized spacial score (nSPS) is 15.3. The van der Waals surface area contributed by atoms with Gasteiger partial charge in [-0.1, -0.05) is 48.0 Å². The summed E-state index contributed by atoms with van der Waals surface area (Å²) in [5.41, 5.74) is 11.1. The van der Waals surface area contributed by atoms with Gasteiger partial charge in [-0.05, 0) is 34.7 Å². The number of hydrogen-bond acceptors (Lipinski definition) is 2. The Morgan fingerprint density at radius 3 is 2.74 bits per heavy atom. The van der Waals surface area contributed by atoms with Gasteiger partial charge in [0.1, 0.15) is 0 Å². The van der Waals surface area contributed by atoms with Gasteiger partial charge >= 0.3 is 0 Å². The second kappa shape index (κ2) is 5.33. The van der Waals surface area contributed by atoms with Crippen LogP contribution in [0.1, 0.15) is 28.3 Å². The van der Waals surface area contributed by atoms with Gasteiger partial charge in [0.15, 0.2) is 0 Å². The fraction of sp³-hybridized carbons (Fsp3) is 0.250. The van der Waals surface area contributed by atoms with E-state index < -0.39 is 0 Å². The van der Waals surface area contributed by atoms with E-state index in [-0.39, 0.29) is 6.04 Å². The SMILES string of the molecule is NC(Cc1ccccc1Cl)c1ccc2c(c1)COC2. The molecule has 2 aromatic carbocycles. The Labute approximate surface area is 118 Å². The third-order valence-corrected chi connectivity index (χ3v) is 3.94. The summed E-state index contributed by atoms with van der Waals surface area (Å²) < 4.78 is 5.43. The third kappa shape index (κ3) is 2.66. The summed E-state index contributed by atoms with van der Waals surface area (Å²) in [5.74, 6) is 0. The fourth-order valence-electron chi connectivity index (χ4n) is 2.44. The number of hydrogen-bond donors (Lipinski definition) is 1. The standard InChI is InChI=1S/C16H16ClNO/c17-15-4-2-1-3-11(15)8-16(18)12-5-6-13-9-19-10-14(13)7-12/h1-7,16H,8-10,18H2. The van der Waals surface area contributed by atoms with Crippen LogP contribution in [-0.4, -0.2) is 0 Å². The van der Waals surface area contributed by atoms with Crippen LogP contribution in [0.3, 0.4) is 0 Å². The third-order valence-electron chi connectivity index (χ3n) is 3.57. The van der Waals surface area contributed by atoms with Crippen LogP contribution in [0.2, 0.25) is 5.02 Å². The smallest absolute Gasteiger partial charge is 0.0725 e. The zero-order valence-corrected chi connectivity index (χ0v) is 11.4. The Balaban J connectivity index is 1.81. The highest BCUT2D eigenvalue weighted by molar-refractivity contribution is 6.31. The summed E-state index contributed by atoms with van der Waals surface area (Å²) in [6.45, 7) is 1.41. The Bertz CT molecular complexity index is 597. The van der Waals surface area contributed by atoms with Crippen molar-refractivity contribution >= 4 is 11.6 Å². The van der Waals surface area contributed by atoms with Gasteiger partial charge in [-0.25, -0.2) is 0 Å². The van der Waals surface area contributed by atoms with Crippen molar-refractivity contribution in [3.63, 3.8) is 0 Å². The predicted octanol–water partition coefficient (Wildman–Crippen LogP) is 3.61. The molecule has 2 N–H and O–H groups in total. The molecule has 3 rings (SSSR count). The van der Waals surface area contributed by atoms with Crippen LogP contribution in [0.4, 0.5) is 0 Å². The van der Waals surface area contributed by atoms with E-state index in [2.05, 4.69) is 18.2 Å². The second-order valence-corrected chi connectivity index (χ2v) is 5.33. The summed E-state index contributed by atoms with van der Waals surface area (Å²) in [4.78, 5) is 0. The first kappa shape index (κ1) is 12.7. The van der Waals surface area contributed by atoms with Gasteiger partial charge in [-0.15, -0.1) is 0 Å². The fourth-order valence-corrected chi connectivity index (χ4v) is 2.65. The molecule has 1 unspecified atom stereocenters. The molecule has 3 heteroatoms. The lowest BCUT2D eigenvalue weighted by Gasteiger charge is -2.14. The topological polar surface area (TPSA) is 35.2 Å². The summed E-state index contributed by atoms with van der Waals surface area (Å²) in [5, 5.41) is 0.780. The van der Waals surface area contributed by atoms with Crippen LogP contribution in [0.5, 0.6) is 0 Å². The Morgan fingerprint density at radius 2 is 1.89 bits per heavy atom. The molecule has 0 saturated carbocycles. The zero-order chi connectivity index (χ0) is 13.2. The van der Waals surface area contributed by atoms with E-state index in [1.165, 1.54) is 11.1 Å². The van der Waals surface area contributed by atoms with E-state index in [1.807, 2.05) is 24.3 Å². The number of ether oxygens (including phenoxy) is 1. The van der Waals surface area contributed by atoms with Gasteiger partial charge in [-0.2, -0.15) is 0 Å². The highest BCUT2D eigenvalue weighted by atomic mass is 35.5. The minimum absolute atomic E-state index is 0.0363. The largest absolute Gasteiger partial charge is 0.372 e. The van der Waals surface area contributed by atoms with Crippen LogP contribution >= 0.6 is 11.6 Å². The molecule has 0 aromatic heterocycles. The number of rotatable bonds is 3. The zero-order valence-electron chi connectivity index (χ0n) is 10.6. The molecule has 0 spiro atoms. The molecule has 1 aliphatic heterocycles. The van der Waals surface area contributed by atoms with Crippen molar-refractivity contribution in [2.24, 2.45) is 5.73 Å². The molecule has 1 atom stereocenters. The van der Waals surface area contributed by atoms with Gasteiger partial charge in [0, 0.05) is 11.1 Å². The molecular formula is C16H16ClNO. The Morgan fingerprint density at radius 1 is 1.11 bits per heavy atom. The van der Waals surface area contributed by atoms with E-state index in [4.69, 9.17) is 22.1 Å². The molecule has 1 aliphatic rings. The number of halogens is 1. The van der Waals surface area contributed by atoms with Crippen molar-refractivity contribution in [3.8, 4) is 0 Å². The maximum Gasteiger partial charge on any atom is 0.0725 e. The van der Waals surface area contributed by atoms with Crippen LogP contribution in [-0.2, 0) is 24.4 Å². The van der Waals surface area contributed by atoms with E-state index in [9.17, 15) is 0 Å². The summed E-state index contributed by atoms with van der Waals surface area (Å²) in [6, 6.07) is 14.2. The monoisotopic (exact) mass is 273 g/mol. The van der Waals surface area contributed by atoms with Crippen LogP contribution in [0, 0.1) is 0 Å². The maximum absolute atomic E-state index is 6.29. The molecule has 0 bridgehead atoms. The van der Waals surface area contributed by atoms with Gasteiger partial charge in [0.25, 0.3) is 0 Å². The maximum atomic E-state index is 6.29. The summed E-state index contributed by atoms with van der Waals surface area (Å²) in [7, 11) is 0. The van der Waals surface area contributed by atoms with Crippen molar-refractivity contribution in [2.75, 3.05) is 0 Å². The number of benzene rings is 2. The first-order chi connectivity index (χ1) is 9.24. The number of nitrogens with two attached hydrogens (primary N) is 1. The molecular weight excluding hydrogens is 258 g/mol.